The fourth-order valence-electron chi connectivity index (χ4n) is 4.00. The van der Waals surface area contributed by atoms with Gasteiger partial charge in [-0.2, -0.15) is 0 Å². The van der Waals surface area contributed by atoms with Crippen LogP contribution in [-0.2, 0) is 0 Å². The highest BCUT2D eigenvalue weighted by Gasteiger charge is 2.34. The lowest BCUT2D eigenvalue weighted by atomic mass is 9.83. The number of fused-ring (bicyclic) bond motifs is 2. The van der Waals surface area contributed by atoms with E-state index in [9.17, 15) is 9.59 Å². The van der Waals surface area contributed by atoms with Crippen LogP contribution in [0.5, 0.6) is 0 Å². The van der Waals surface area contributed by atoms with Crippen molar-refractivity contribution >= 4 is 35.1 Å². The van der Waals surface area contributed by atoms with Gasteiger partial charge in [0.25, 0.3) is 0 Å². The van der Waals surface area contributed by atoms with Crippen LogP contribution in [-0.4, -0.2) is 11.6 Å². The number of aryl methyl sites for hydroxylation is 3. The molecule has 4 aromatic carbocycles. The van der Waals surface area contributed by atoms with E-state index in [0.717, 1.165) is 25.1 Å². The summed E-state index contributed by atoms with van der Waals surface area (Å²) in [6.45, 7) is 6.10. The van der Waals surface area contributed by atoms with Crippen LogP contribution in [0.25, 0.3) is 0 Å². The van der Waals surface area contributed by atoms with E-state index < -0.39 is 0 Å². The molecule has 5 rings (SSSR count). The van der Waals surface area contributed by atoms with Crippen molar-refractivity contribution in [1.82, 2.24) is 0 Å². The average Bonchev–Trinajstić information content (AvgIpc) is 2.81. The minimum absolute atomic E-state index is 0.0758. The molecule has 0 saturated heterocycles. The van der Waals surface area contributed by atoms with E-state index in [4.69, 9.17) is 0 Å². The molecule has 0 saturated carbocycles. The molecule has 0 fully saturated rings. The molecular weight excluding hydrogens is 444 g/mol. The summed E-state index contributed by atoms with van der Waals surface area (Å²) in [5.74, 6) is -0.162. The van der Waals surface area contributed by atoms with E-state index in [-0.39, 0.29) is 11.6 Å². The van der Waals surface area contributed by atoms with Gasteiger partial charge in [-0.25, -0.2) is 0 Å². The van der Waals surface area contributed by atoms with Crippen LogP contribution in [0.1, 0.15) is 48.5 Å². The SMILES string of the molecule is Cc1ccc(Sc2cccc3c2C(=O)c2c(ccc(C)c2Sc2ccc(C)cc2)C3=O)cc1. The van der Waals surface area contributed by atoms with Crippen LogP contribution >= 0.6 is 23.5 Å². The molecule has 33 heavy (non-hydrogen) atoms. The first-order valence-electron chi connectivity index (χ1n) is 10.8. The molecule has 2 nitrogen and oxygen atoms in total. The molecule has 1 aliphatic carbocycles. The van der Waals surface area contributed by atoms with Gasteiger partial charge in [0.2, 0.25) is 0 Å². The normalized spacial score (nSPS) is 12.5. The van der Waals surface area contributed by atoms with E-state index in [0.29, 0.717) is 22.3 Å². The van der Waals surface area contributed by atoms with Gasteiger partial charge in [0, 0.05) is 41.8 Å². The van der Waals surface area contributed by atoms with Crippen LogP contribution in [0, 0.1) is 20.8 Å². The summed E-state index contributed by atoms with van der Waals surface area (Å²) in [5, 5.41) is 0. The second-order valence-electron chi connectivity index (χ2n) is 8.30. The van der Waals surface area contributed by atoms with Gasteiger partial charge >= 0.3 is 0 Å². The lowest BCUT2D eigenvalue weighted by molar-refractivity contribution is 0.0974. The first-order valence-corrected chi connectivity index (χ1v) is 12.4. The zero-order chi connectivity index (χ0) is 23.1. The zero-order valence-corrected chi connectivity index (χ0v) is 20.3. The molecular formula is C29H22O2S2. The Morgan fingerprint density at radius 3 is 1.76 bits per heavy atom. The van der Waals surface area contributed by atoms with Crippen molar-refractivity contribution in [3.05, 3.63) is 118 Å². The summed E-state index contributed by atoms with van der Waals surface area (Å²) >= 11 is 3.08. The smallest absolute Gasteiger partial charge is 0.196 e. The molecule has 0 spiro atoms. The predicted octanol–water partition coefficient (Wildman–Crippen LogP) is 7.69. The monoisotopic (exact) mass is 466 g/mol. The molecule has 4 aromatic rings. The highest BCUT2D eigenvalue weighted by molar-refractivity contribution is 7.99. The molecule has 0 N–H and O–H groups in total. The third kappa shape index (κ3) is 4.05. The summed E-state index contributed by atoms with van der Waals surface area (Å²) in [5.41, 5.74) is 5.37. The number of carbonyl (C=O) groups excluding carboxylic acids is 2. The van der Waals surface area contributed by atoms with Crippen LogP contribution in [0.4, 0.5) is 0 Å². The fourth-order valence-corrected chi connectivity index (χ4v) is 6.02. The topological polar surface area (TPSA) is 34.1 Å². The Morgan fingerprint density at radius 2 is 1.12 bits per heavy atom. The summed E-state index contributed by atoms with van der Waals surface area (Å²) in [6.07, 6.45) is 0. The minimum Gasteiger partial charge on any atom is -0.289 e. The Hall–Kier alpha value is -3.08. The van der Waals surface area contributed by atoms with E-state index in [1.54, 1.807) is 23.9 Å². The first kappa shape index (κ1) is 21.7. The Balaban J connectivity index is 1.62. The van der Waals surface area contributed by atoms with Crippen molar-refractivity contribution in [3.63, 3.8) is 0 Å². The number of rotatable bonds is 4. The Labute approximate surface area is 202 Å². The maximum atomic E-state index is 14.0. The van der Waals surface area contributed by atoms with Gasteiger partial charge in [-0.05, 0) is 62.7 Å². The average molecular weight is 467 g/mol. The van der Waals surface area contributed by atoms with E-state index in [2.05, 4.69) is 43.3 Å². The zero-order valence-electron chi connectivity index (χ0n) is 18.6. The Morgan fingerprint density at radius 1 is 0.545 bits per heavy atom. The molecule has 0 unspecified atom stereocenters. The molecule has 0 aliphatic heterocycles. The first-order chi connectivity index (χ1) is 15.9. The van der Waals surface area contributed by atoms with E-state index in [1.807, 2.05) is 44.2 Å². The van der Waals surface area contributed by atoms with Gasteiger partial charge in [-0.3, -0.25) is 9.59 Å². The van der Waals surface area contributed by atoms with Crippen molar-refractivity contribution in [2.45, 2.75) is 40.4 Å². The molecule has 162 valence electrons. The van der Waals surface area contributed by atoms with Crippen molar-refractivity contribution < 1.29 is 9.59 Å². The maximum Gasteiger partial charge on any atom is 0.196 e. The quantitative estimate of drug-likeness (QED) is 0.272. The van der Waals surface area contributed by atoms with Gasteiger partial charge in [-0.1, -0.05) is 77.1 Å². The van der Waals surface area contributed by atoms with Crippen molar-refractivity contribution in [2.24, 2.45) is 0 Å². The predicted molar refractivity (Wildman–Crippen MR) is 135 cm³/mol. The minimum atomic E-state index is -0.0864. The van der Waals surface area contributed by atoms with Crippen molar-refractivity contribution in [3.8, 4) is 0 Å². The molecule has 0 bridgehead atoms. The van der Waals surface area contributed by atoms with Gasteiger partial charge in [-0.15, -0.1) is 0 Å². The van der Waals surface area contributed by atoms with Crippen molar-refractivity contribution in [2.75, 3.05) is 0 Å². The summed E-state index contributed by atoms with van der Waals surface area (Å²) in [4.78, 5) is 31.2. The lowest BCUT2D eigenvalue weighted by Gasteiger charge is -2.23. The highest BCUT2D eigenvalue weighted by atomic mass is 32.2. The highest BCUT2D eigenvalue weighted by Crippen LogP contribution is 2.42. The molecule has 0 amide bonds. The number of carbonyl (C=O) groups is 2. The molecule has 0 aromatic heterocycles. The molecule has 1 aliphatic rings. The second kappa shape index (κ2) is 8.69. The van der Waals surface area contributed by atoms with Crippen molar-refractivity contribution in [1.29, 1.82) is 0 Å². The van der Waals surface area contributed by atoms with Gasteiger partial charge in [0.1, 0.15) is 0 Å². The van der Waals surface area contributed by atoms with E-state index >= 15 is 0 Å². The molecule has 0 heterocycles. The number of hydrogen-bond donors (Lipinski definition) is 0. The summed E-state index contributed by atoms with van der Waals surface area (Å²) in [6, 6.07) is 25.7. The maximum absolute atomic E-state index is 14.0. The molecule has 0 radical (unpaired) electrons. The number of hydrogen-bond acceptors (Lipinski definition) is 4. The third-order valence-corrected chi connectivity index (χ3v) is 8.12. The van der Waals surface area contributed by atoms with E-state index in [1.165, 1.54) is 22.9 Å². The molecule has 4 heteroatoms. The van der Waals surface area contributed by atoms with Crippen LogP contribution in [0.15, 0.2) is 98.4 Å². The Bertz CT molecular complexity index is 1400. The van der Waals surface area contributed by atoms with Crippen LogP contribution in [0.2, 0.25) is 0 Å². The Kier molecular flexibility index (Phi) is 5.73. The molecule has 0 atom stereocenters. The van der Waals surface area contributed by atoms with Gasteiger partial charge < -0.3 is 0 Å². The third-order valence-electron chi connectivity index (χ3n) is 5.81. The second-order valence-corrected chi connectivity index (χ2v) is 10.5. The summed E-state index contributed by atoms with van der Waals surface area (Å²) in [7, 11) is 0. The summed E-state index contributed by atoms with van der Waals surface area (Å²) < 4.78 is 0. The lowest BCUT2D eigenvalue weighted by Crippen LogP contribution is -2.23. The van der Waals surface area contributed by atoms with Crippen LogP contribution < -0.4 is 0 Å². The van der Waals surface area contributed by atoms with Gasteiger partial charge in [0.15, 0.2) is 11.6 Å². The largest absolute Gasteiger partial charge is 0.289 e. The number of ketones is 2. The van der Waals surface area contributed by atoms with Gasteiger partial charge in [0.05, 0.1) is 0 Å². The fraction of sp³-hybridized carbons (Fsp3) is 0.103. The standard InChI is InChI=1S/C29H22O2S2/c1-17-7-12-20(13-8-17)32-24-6-4-5-22-25(24)28(31)26-23(27(22)30)16-11-19(3)29(26)33-21-14-9-18(2)10-15-21/h4-16H,1-3H3. The number of benzene rings is 4. The van der Waals surface area contributed by atoms with Crippen LogP contribution in [0.3, 0.4) is 0 Å².